The third-order valence-corrected chi connectivity index (χ3v) is 13.5. The van der Waals surface area contributed by atoms with Crippen molar-refractivity contribution in [3.05, 3.63) is 24.3 Å². The predicted molar refractivity (Wildman–Crippen MR) is 283 cm³/mol. The van der Waals surface area contributed by atoms with E-state index in [4.69, 9.17) is 4.74 Å². The van der Waals surface area contributed by atoms with Crippen molar-refractivity contribution in [3.63, 3.8) is 0 Å². The number of rotatable bonds is 53. The fraction of sp³-hybridized carbons (Fsp3) is 0.898. The quantitative estimate of drug-likeness (QED) is 0.0321. The van der Waals surface area contributed by atoms with Crippen molar-refractivity contribution < 1.29 is 24.5 Å². The number of aliphatic hydroxyl groups excluding tert-OH is 2. The minimum Gasteiger partial charge on any atom is -0.462 e. The molecule has 0 heterocycles. The van der Waals surface area contributed by atoms with Gasteiger partial charge in [-0.1, -0.05) is 251 Å². The second-order valence-corrected chi connectivity index (χ2v) is 20.0. The summed E-state index contributed by atoms with van der Waals surface area (Å²) >= 11 is 0. The van der Waals surface area contributed by atoms with E-state index in [1.807, 2.05) is 0 Å². The first-order chi connectivity index (χ1) is 32.0. The van der Waals surface area contributed by atoms with Crippen LogP contribution in [0.15, 0.2) is 24.3 Å². The number of hydrogen-bond acceptors (Lipinski definition) is 5. The molecule has 3 atom stereocenters. The number of nitrogens with one attached hydrogen (secondary N) is 1. The number of amides is 1. The van der Waals surface area contributed by atoms with Crippen molar-refractivity contribution in [1.29, 1.82) is 0 Å². The Morgan fingerprint density at radius 1 is 0.431 bits per heavy atom. The first-order valence-electron chi connectivity index (χ1n) is 29.1. The molecule has 0 aromatic heterocycles. The fourth-order valence-corrected chi connectivity index (χ4v) is 9.07. The lowest BCUT2D eigenvalue weighted by Gasteiger charge is -2.24. The number of hydrogen-bond donors (Lipinski definition) is 3. The maximum absolute atomic E-state index is 13.3. The van der Waals surface area contributed by atoms with Crippen LogP contribution < -0.4 is 5.32 Å². The van der Waals surface area contributed by atoms with E-state index >= 15 is 0 Å². The van der Waals surface area contributed by atoms with Crippen LogP contribution in [0.25, 0.3) is 0 Å². The summed E-state index contributed by atoms with van der Waals surface area (Å²) < 4.78 is 5.95. The number of carbonyl (C=O) groups excluding carboxylic acids is 2. The van der Waals surface area contributed by atoms with Gasteiger partial charge in [0.1, 0.15) is 6.10 Å². The van der Waals surface area contributed by atoms with Crippen LogP contribution in [0, 0.1) is 0 Å². The molecule has 0 aliphatic heterocycles. The second-order valence-electron chi connectivity index (χ2n) is 20.0. The SMILES string of the molecule is CCCCCCCC/C=C/CCCCCCCC(CC(=O)NC(CO)C(O)CCCCCCCCCCCCCCCCCCC)OC(=O)CCCCC/C=C\CCCCCCCCC. The summed E-state index contributed by atoms with van der Waals surface area (Å²) in [4.78, 5) is 26.2. The maximum Gasteiger partial charge on any atom is 0.306 e. The van der Waals surface area contributed by atoms with E-state index in [0.717, 1.165) is 64.2 Å². The molecule has 0 fully saturated rings. The third kappa shape index (κ3) is 48.6. The highest BCUT2D eigenvalue weighted by atomic mass is 16.5. The number of unbranched alkanes of at least 4 members (excludes halogenated alkanes) is 37. The van der Waals surface area contributed by atoms with E-state index in [-0.39, 0.29) is 24.9 Å². The Morgan fingerprint density at radius 2 is 0.738 bits per heavy atom. The molecule has 0 spiro atoms. The Hall–Kier alpha value is -1.66. The second kappa shape index (κ2) is 53.3. The Balaban J connectivity index is 4.53. The highest BCUT2D eigenvalue weighted by molar-refractivity contribution is 5.77. The van der Waals surface area contributed by atoms with Crippen molar-refractivity contribution in [3.8, 4) is 0 Å². The summed E-state index contributed by atoms with van der Waals surface area (Å²) in [5.41, 5.74) is 0. The third-order valence-electron chi connectivity index (χ3n) is 13.5. The van der Waals surface area contributed by atoms with Crippen molar-refractivity contribution in [2.75, 3.05) is 6.61 Å². The van der Waals surface area contributed by atoms with Gasteiger partial charge in [-0.25, -0.2) is 0 Å². The van der Waals surface area contributed by atoms with Crippen LogP contribution in [-0.4, -0.2) is 46.9 Å². The zero-order valence-corrected chi connectivity index (χ0v) is 43.9. The highest BCUT2D eigenvalue weighted by Gasteiger charge is 2.24. The molecule has 3 unspecified atom stereocenters. The number of esters is 1. The monoisotopic (exact) mass is 916 g/mol. The first kappa shape index (κ1) is 63.3. The summed E-state index contributed by atoms with van der Waals surface area (Å²) in [7, 11) is 0. The molecule has 0 bridgehead atoms. The zero-order chi connectivity index (χ0) is 47.4. The zero-order valence-electron chi connectivity index (χ0n) is 43.9. The largest absolute Gasteiger partial charge is 0.462 e. The lowest BCUT2D eigenvalue weighted by atomic mass is 10.0. The molecule has 0 saturated heterocycles. The molecule has 0 radical (unpaired) electrons. The number of aliphatic hydroxyl groups is 2. The molecule has 0 rings (SSSR count). The smallest absolute Gasteiger partial charge is 0.306 e. The average Bonchev–Trinajstić information content (AvgIpc) is 3.30. The van der Waals surface area contributed by atoms with Gasteiger partial charge < -0.3 is 20.3 Å². The number of carbonyl (C=O) groups is 2. The summed E-state index contributed by atoms with van der Waals surface area (Å²) in [5, 5.41) is 23.9. The molecule has 0 aromatic carbocycles. The molecule has 1 amide bonds. The van der Waals surface area contributed by atoms with Gasteiger partial charge in [0.15, 0.2) is 0 Å². The molecule has 3 N–H and O–H groups in total. The van der Waals surface area contributed by atoms with Crippen LogP contribution in [0.5, 0.6) is 0 Å². The van der Waals surface area contributed by atoms with Crippen LogP contribution in [0.1, 0.15) is 316 Å². The molecule has 6 heteroatoms. The van der Waals surface area contributed by atoms with E-state index in [9.17, 15) is 19.8 Å². The Bertz CT molecular complexity index is 1030. The van der Waals surface area contributed by atoms with Gasteiger partial charge >= 0.3 is 5.97 Å². The van der Waals surface area contributed by atoms with E-state index in [0.29, 0.717) is 19.3 Å². The van der Waals surface area contributed by atoms with E-state index in [1.54, 1.807) is 0 Å². The molecule has 0 aromatic rings. The average molecular weight is 917 g/mol. The van der Waals surface area contributed by atoms with E-state index in [1.165, 1.54) is 205 Å². The number of allylic oxidation sites excluding steroid dienone is 4. The minimum atomic E-state index is -0.790. The van der Waals surface area contributed by atoms with Crippen LogP contribution in [0.2, 0.25) is 0 Å². The standard InChI is InChI=1S/C59H113NO5/c1-4-7-10-13-16-19-22-25-28-29-31-33-36-39-42-45-48-51-57(62)56(54-61)60-58(63)53-55(50-47-44-41-38-35-32-30-26-23-20-17-14-11-8-5-2)65-59(64)52-49-46-43-40-37-34-27-24-21-18-15-12-9-6-3/h26,30,34,37,55-57,61-62H,4-25,27-29,31-33,35-36,38-54H2,1-3H3,(H,60,63)/b30-26+,37-34-. The Labute approximate surface area is 405 Å². The van der Waals surface area contributed by atoms with Crippen LogP contribution >= 0.6 is 0 Å². The van der Waals surface area contributed by atoms with Gasteiger partial charge in [-0.15, -0.1) is 0 Å². The van der Waals surface area contributed by atoms with Crippen molar-refractivity contribution >= 4 is 11.9 Å². The molecule has 0 aliphatic carbocycles. The molecule has 0 aliphatic rings. The van der Waals surface area contributed by atoms with Gasteiger partial charge in [0.05, 0.1) is 25.2 Å². The molecule has 0 saturated carbocycles. The van der Waals surface area contributed by atoms with Crippen molar-refractivity contribution in [2.45, 2.75) is 334 Å². The summed E-state index contributed by atoms with van der Waals surface area (Å²) in [6.07, 6.45) is 62.4. The molecule has 384 valence electrons. The Kier molecular flexibility index (Phi) is 51.9. The van der Waals surface area contributed by atoms with Crippen molar-refractivity contribution in [1.82, 2.24) is 5.32 Å². The molecule has 65 heavy (non-hydrogen) atoms. The molecular weight excluding hydrogens is 803 g/mol. The van der Waals surface area contributed by atoms with Gasteiger partial charge in [-0.2, -0.15) is 0 Å². The topological polar surface area (TPSA) is 95.9 Å². The first-order valence-corrected chi connectivity index (χ1v) is 29.1. The lowest BCUT2D eigenvalue weighted by Crippen LogP contribution is -2.46. The van der Waals surface area contributed by atoms with E-state index < -0.39 is 18.2 Å². The van der Waals surface area contributed by atoms with Crippen LogP contribution in [0.3, 0.4) is 0 Å². The minimum absolute atomic E-state index is 0.0705. The highest BCUT2D eigenvalue weighted by Crippen LogP contribution is 2.18. The summed E-state index contributed by atoms with van der Waals surface area (Å²) in [6, 6.07) is -0.704. The fourth-order valence-electron chi connectivity index (χ4n) is 9.07. The lowest BCUT2D eigenvalue weighted by molar-refractivity contribution is -0.151. The van der Waals surface area contributed by atoms with Gasteiger partial charge in [0, 0.05) is 6.42 Å². The Morgan fingerprint density at radius 3 is 1.09 bits per heavy atom. The summed E-state index contributed by atoms with van der Waals surface area (Å²) in [5.74, 6) is -0.484. The molecule has 6 nitrogen and oxygen atoms in total. The maximum atomic E-state index is 13.3. The van der Waals surface area contributed by atoms with Crippen LogP contribution in [0.4, 0.5) is 0 Å². The summed E-state index contributed by atoms with van der Waals surface area (Å²) in [6.45, 7) is 6.51. The van der Waals surface area contributed by atoms with Gasteiger partial charge in [-0.05, 0) is 77.0 Å². The van der Waals surface area contributed by atoms with Crippen molar-refractivity contribution in [2.24, 2.45) is 0 Å². The number of ether oxygens (including phenoxy) is 1. The van der Waals surface area contributed by atoms with Crippen LogP contribution in [-0.2, 0) is 14.3 Å². The van der Waals surface area contributed by atoms with Gasteiger partial charge in [-0.3, -0.25) is 9.59 Å². The van der Waals surface area contributed by atoms with Gasteiger partial charge in [0.25, 0.3) is 0 Å². The van der Waals surface area contributed by atoms with Gasteiger partial charge in [0.2, 0.25) is 5.91 Å². The predicted octanol–water partition coefficient (Wildman–Crippen LogP) is 17.9. The van der Waals surface area contributed by atoms with E-state index in [2.05, 4.69) is 50.4 Å². The normalized spacial score (nSPS) is 13.2. The molecular formula is C59H113NO5.